The fraction of sp³-hybridized carbons (Fsp3) is 0.457. The largest absolute Gasteiger partial charge is 0.508 e. The molecule has 1 spiro atoms. The fourth-order valence-corrected chi connectivity index (χ4v) is 9.91. The summed E-state index contributed by atoms with van der Waals surface area (Å²) in [5.74, 6) is 2.18. The van der Waals surface area contributed by atoms with Crippen molar-refractivity contribution in [3.8, 4) is 11.5 Å². The molecule has 2 aliphatic heterocycles. The Morgan fingerprint density at radius 3 is 2.83 bits per heavy atom. The third-order valence-electron chi connectivity index (χ3n) is 10.2. The second-order valence-corrected chi connectivity index (χ2v) is 14.8. The van der Waals surface area contributed by atoms with Crippen LogP contribution in [0.25, 0.3) is 6.08 Å². The van der Waals surface area contributed by atoms with E-state index in [2.05, 4.69) is 69.9 Å². The summed E-state index contributed by atoms with van der Waals surface area (Å²) >= 11 is 5.15. The SMILES string of the molecule is CC(C)CN(C(=O)/C=C/c1cc(Br)cs1)[C@H]1CC[C@H]2[C@H]3Cc4c(O)ccc5c4[C@@]2(CCN3CCc2ccccc2)[C@H]1O5. The first-order chi connectivity index (χ1) is 20.3. The lowest BCUT2D eigenvalue weighted by Gasteiger charge is -2.60. The van der Waals surface area contributed by atoms with Crippen molar-refractivity contribution in [2.24, 2.45) is 11.8 Å². The topological polar surface area (TPSA) is 53.0 Å². The quantitative estimate of drug-likeness (QED) is 0.266. The van der Waals surface area contributed by atoms with Gasteiger partial charge in [0, 0.05) is 56.5 Å². The highest BCUT2D eigenvalue weighted by Crippen LogP contribution is 2.63. The second-order valence-electron chi connectivity index (χ2n) is 12.9. The molecule has 2 aromatic carbocycles. The summed E-state index contributed by atoms with van der Waals surface area (Å²) in [6.45, 7) is 7.11. The second kappa shape index (κ2) is 11.1. The molecule has 1 saturated heterocycles. The first-order valence-electron chi connectivity index (χ1n) is 15.4. The van der Waals surface area contributed by atoms with E-state index in [1.165, 1.54) is 11.1 Å². The van der Waals surface area contributed by atoms with Crippen LogP contribution >= 0.6 is 27.3 Å². The molecule has 5 atom stereocenters. The molecule has 220 valence electrons. The van der Waals surface area contributed by atoms with Gasteiger partial charge in [-0.15, -0.1) is 11.3 Å². The zero-order chi connectivity index (χ0) is 29.0. The van der Waals surface area contributed by atoms with E-state index in [4.69, 9.17) is 4.74 Å². The van der Waals surface area contributed by atoms with Gasteiger partial charge in [0.05, 0.1) is 6.04 Å². The van der Waals surface area contributed by atoms with Crippen LogP contribution in [0.5, 0.6) is 11.5 Å². The molecule has 0 radical (unpaired) electrons. The smallest absolute Gasteiger partial charge is 0.246 e. The van der Waals surface area contributed by atoms with Gasteiger partial charge < -0.3 is 14.7 Å². The molecule has 0 unspecified atom stereocenters. The number of phenolic OH excluding ortho intramolecular Hbond substituents is 1. The van der Waals surface area contributed by atoms with E-state index < -0.39 is 0 Å². The molecule has 1 amide bonds. The molecule has 5 nitrogen and oxygen atoms in total. The van der Waals surface area contributed by atoms with E-state index >= 15 is 0 Å². The van der Waals surface area contributed by atoms with Crippen molar-refractivity contribution < 1.29 is 14.6 Å². The number of carbonyl (C=O) groups is 1. The molecule has 1 aromatic heterocycles. The molecule has 42 heavy (non-hydrogen) atoms. The van der Waals surface area contributed by atoms with Gasteiger partial charge in [-0.1, -0.05) is 44.2 Å². The maximum atomic E-state index is 13.9. The Kier molecular flexibility index (Phi) is 7.48. The highest BCUT2D eigenvalue weighted by molar-refractivity contribution is 9.10. The van der Waals surface area contributed by atoms with Crippen LogP contribution in [0.3, 0.4) is 0 Å². The summed E-state index contributed by atoms with van der Waals surface area (Å²) in [7, 11) is 0. The molecule has 2 bridgehead atoms. The van der Waals surface area contributed by atoms with E-state index in [0.717, 1.165) is 65.9 Å². The van der Waals surface area contributed by atoms with Crippen LogP contribution in [-0.2, 0) is 23.1 Å². The molecule has 3 aromatic rings. The maximum Gasteiger partial charge on any atom is 0.246 e. The number of carbonyl (C=O) groups excluding carboxylic acids is 1. The van der Waals surface area contributed by atoms with Crippen molar-refractivity contribution in [1.29, 1.82) is 0 Å². The van der Waals surface area contributed by atoms with Gasteiger partial charge in [-0.05, 0) is 96.3 Å². The van der Waals surface area contributed by atoms with Crippen molar-refractivity contribution in [3.05, 3.63) is 86.0 Å². The molecule has 4 aliphatic rings. The van der Waals surface area contributed by atoms with Gasteiger partial charge in [0.2, 0.25) is 5.91 Å². The van der Waals surface area contributed by atoms with Crippen molar-refractivity contribution in [1.82, 2.24) is 9.80 Å². The highest BCUT2D eigenvalue weighted by atomic mass is 79.9. The Morgan fingerprint density at radius 1 is 1.24 bits per heavy atom. The summed E-state index contributed by atoms with van der Waals surface area (Å²) < 4.78 is 7.97. The van der Waals surface area contributed by atoms with Crippen LogP contribution in [0.15, 0.2) is 64.5 Å². The number of piperidine rings is 1. The number of ether oxygens (including phenoxy) is 1. The average Bonchev–Trinajstić information content (AvgIpc) is 3.55. The van der Waals surface area contributed by atoms with Gasteiger partial charge >= 0.3 is 0 Å². The van der Waals surface area contributed by atoms with Gasteiger partial charge in [-0.2, -0.15) is 0 Å². The van der Waals surface area contributed by atoms with Crippen LogP contribution in [0, 0.1) is 11.8 Å². The fourth-order valence-electron chi connectivity index (χ4n) is 8.57. The molecule has 2 fully saturated rings. The van der Waals surface area contributed by atoms with Crippen LogP contribution in [0.4, 0.5) is 0 Å². The number of amides is 1. The number of nitrogens with zero attached hydrogens (tertiary/aromatic N) is 2. The van der Waals surface area contributed by atoms with Crippen molar-refractivity contribution in [2.75, 3.05) is 19.6 Å². The summed E-state index contributed by atoms with van der Waals surface area (Å²) in [5.41, 5.74) is 3.52. The molecule has 1 saturated carbocycles. The van der Waals surface area contributed by atoms with Crippen LogP contribution < -0.4 is 4.74 Å². The number of benzene rings is 2. The van der Waals surface area contributed by atoms with Gasteiger partial charge in [-0.3, -0.25) is 9.69 Å². The summed E-state index contributed by atoms with van der Waals surface area (Å²) in [4.78, 5) is 19.8. The number of hydrogen-bond donors (Lipinski definition) is 1. The van der Waals surface area contributed by atoms with E-state index in [0.29, 0.717) is 30.2 Å². The highest BCUT2D eigenvalue weighted by Gasteiger charge is 2.66. The minimum Gasteiger partial charge on any atom is -0.508 e. The first-order valence-corrected chi connectivity index (χ1v) is 17.0. The van der Waals surface area contributed by atoms with Gasteiger partial charge in [0.15, 0.2) is 0 Å². The number of phenols is 1. The predicted molar refractivity (Wildman–Crippen MR) is 172 cm³/mol. The zero-order valence-corrected chi connectivity index (χ0v) is 26.7. The van der Waals surface area contributed by atoms with E-state index in [9.17, 15) is 9.90 Å². The number of hydrogen-bond acceptors (Lipinski definition) is 5. The van der Waals surface area contributed by atoms with Crippen LogP contribution in [0.1, 0.15) is 54.7 Å². The number of likely N-dealkylation sites (tertiary alicyclic amines) is 1. The third-order valence-corrected chi connectivity index (χ3v) is 11.8. The van der Waals surface area contributed by atoms with Crippen molar-refractivity contribution in [2.45, 2.75) is 69.6 Å². The van der Waals surface area contributed by atoms with Crippen LogP contribution in [0.2, 0.25) is 0 Å². The normalized spacial score (nSPS) is 27.7. The molecular weight excluding hydrogens is 608 g/mol. The molecular formula is C35H39BrN2O3S. The lowest BCUT2D eigenvalue weighted by Crippen LogP contribution is -2.69. The average molecular weight is 648 g/mol. The number of aromatic hydroxyl groups is 1. The van der Waals surface area contributed by atoms with Gasteiger partial charge in [0.1, 0.15) is 17.6 Å². The number of thiophene rings is 1. The van der Waals surface area contributed by atoms with Crippen molar-refractivity contribution >= 4 is 39.2 Å². The Morgan fingerprint density at radius 2 is 2.07 bits per heavy atom. The Balaban J connectivity index is 1.22. The Labute approximate surface area is 261 Å². The van der Waals surface area contributed by atoms with E-state index in [-0.39, 0.29) is 23.5 Å². The first kappa shape index (κ1) is 28.2. The lowest BCUT2D eigenvalue weighted by atomic mass is 9.50. The van der Waals surface area contributed by atoms with Crippen molar-refractivity contribution in [3.63, 3.8) is 0 Å². The number of rotatable bonds is 8. The predicted octanol–water partition coefficient (Wildman–Crippen LogP) is 7.06. The van der Waals surface area contributed by atoms with Gasteiger partial charge in [0.25, 0.3) is 0 Å². The summed E-state index contributed by atoms with van der Waals surface area (Å²) in [5, 5.41) is 13.2. The molecule has 1 N–H and O–H groups in total. The zero-order valence-electron chi connectivity index (χ0n) is 24.3. The molecule has 7 rings (SSSR count). The third kappa shape index (κ3) is 4.72. The number of halogens is 1. The minimum atomic E-state index is -0.170. The Hall–Kier alpha value is -2.61. The summed E-state index contributed by atoms with van der Waals surface area (Å²) in [6, 6.07) is 17.0. The van der Waals surface area contributed by atoms with E-state index in [1.54, 1.807) is 17.4 Å². The Bertz CT molecular complexity index is 1500. The molecule has 7 heteroatoms. The monoisotopic (exact) mass is 646 g/mol. The minimum absolute atomic E-state index is 0.00659. The van der Waals surface area contributed by atoms with Gasteiger partial charge in [-0.25, -0.2) is 0 Å². The molecule has 2 aliphatic carbocycles. The standard InChI is InChI=1S/C35H39BrN2O3S/c1-22(2)20-38(32(40)13-8-25-18-24(36)21-42-25)28-10-9-27-29-19-26-30(39)11-12-31-33(26)35(27,34(28)41-31)15-17-37(29)16-14-23-6-4-3-5-7-23/h3-8,11-13,18,21-22,27-29,34,39H,9-10,14-17,19-20H2,1-2H3/b13-8+/t27-,28-,29+,34-,35-/m0/s1. The maximum absolute atomic E-state index is 13.9. The molecule has 3 heterocycles. The van der Waals surface area contributed by atoms with Crippen LogP contribution in [-0.4, -0.2) is 58.6 Å². The van der Waals surface area contributed by atoms with E-state index in [1.807, 2.05) is 29.7 Å². The summed E-state index contributed by atoms with van der Waals surface area (Å²) in [6.07, 6.45) is 8.49. The lowest BCUT2D eigenvalue weighted by molar-refractivity contribution is -0.138.